The Kier molecular flexibility index (Phi) is 6.22. The van der Waals surface area contributed by atoms with Gasteiger partial charge in [-0.15, -0.1) is 0 Å². The highest BCUT2D eigenvalue weighted by Crippen LogP contribution is 2.37. The molecule has 2 rings (SSSR count). The van der Waals surface area contributed by atoms with Gasteiger partial charge in [-0.2, -0.15) is 0 Å². The number of esters is 1. The number of carbonyl (C=O) groups is 4. The molecule has 1 aliphatic carbocycles. The van der Waals surface area contributed by atoms with Crippen LogP contribution < -0.4 is 16.4 Å². The summed E-state index contributed by atoms with van der Waals surface area (Å²) < 4.78 is 4.98. The highest BCUT2D eigenvalue weighted by molar-refractivity contribution is 5.94. The molecule has 9 nitrogen and oxygen atoms in total. The van der Waals surface area contributed by atoms with Gasteiger partial charge in [-0.1, -0.05) is 20.3 Å². The van der Waals surface area contributed by atoms with Crippen molar-refractivity contribution in [3.05, 3.63) is 0 Å². The van der Waals surface area contributed by atoms with Crippen LogP contribution in [0.1, 0.15) is 40.0 Å². The fraction of sp³-hybridized carbons (Fsp3) is 0.765. The van der Waals surface area contributed by atoms with Crippen molar-refractivity contribution in [2.75, 3.05) is 0 Å². The number of carbonyl (C=O) groups excluding carboxylic acids is 3. The number of carboxylic acid groups (broad SMARTS) is 1. The third-order valence-corrected chi connectivity index (χ3v) is 5.17. The number of hydrogen-bond donors (Lipinski definition) is 4. The van der Waals surface area contributed by atoms with E-state index in [2.05, 4.69) is 10.6 Å². The van der Waals surface area contributed by atoms with Crippen LogP contribution in [0.5, 0.6) is 0 Å². The van der Waals surface area contributed by atoms with Crippen molar-refractivity contribution in [1.29, 1.82) is 0 Å². The van der Waals surface area contributed by atoms with Crippen LogP contribution >= 0.6 is 0 Å². The third kappa shape index (κ3) is 4.51. The van der Waals surface area contributed by atoms with Crippen LogP contribution in [0.3, 0.4) is 0 Å². The lowest BCUT2D eigenvalue weighted by Gasteiger charge is -2.37. The van der Waals surface area contributed by atoms with Crippen LogP contribution in [0, 0.1) is 17.8 Å². The number of nitrogens with two attached hydrogens (primary N) is 1. The first-order chi connectivity index (χ1) is 12.1. The summed E-state index contributed by atoms with van der Waals surface area (Å²) in [5.41, 5.74) is 5.44. The molecule has 0 aromatic rings. The smallest absolute Gasteiger partial charge is 0.326 e. The van der Waals surface area contributed by atoms with Crippen molar-refractivity contribution in [2.24, 2.45) is 23.5 Å². The van der Waals surface area contributed by atoms with E-state index in [1.165, 1.54) is 6.92 Å². The zero-order chi connectivity index (χ0) is 19.6. The molecule has 1 aliphatic heterocycles. The van der Waals surface area contributed by atoms with Gasteiger partial charge in [-0.05, 0) is 31.6 Å². The van der Waals surface area contributed by atoms with Gasteiger partial charge in [0.2, 0.25) is 5.91 Å². The molecule has 0 aromatic heterocycles. The molecule has 146 valence electrons. The summed E-state index contributed by atoms with van der Waals surface area (Å²) in [5.74, 6) is -2.77. The molecule has 0 radical (unpaired) electrons. The van der Waals surface area contributed by atoms with Crippen LogP contribution in [0.4, 0.5) is 0 Å². The summed E-state index contributed by atoms with van der Waals surface area (Å²) in [4.78, 5) is 46.8. The van der Waals surface area contributed by atoms with Gasteiger partial charge in [0.05, 0.1) is 6.04 Å². The molecule has 5 N–H and O–H groups in total. The van der Waals surface area contributed by atoms with Crippen LogP contribution in [0.15, 0.2) is 0 Å². The van der Waals surface area contributed by atoms with Crippen LogP contribution in [-0.2, 0) is 23.9 Å². The summed E-state index contributed by atoms with van der Waals surface area (Å²) in [6, 6.07) is -2.01. The third-order valence-electron chi connectivity index (χ3n) is 5.17. The standard InChI is InChI=1S/C17H27N3O6/c1-4-7(2)12-13(26-17(12)25)15(22)19-10-5-9(10)6-11(16(23)24)20-14(21)8(3)18/h7-13H,4-6,18H2,1-3H3,(H,19,22)(H,20,21)(H,23,24)/t7-,8-,9-,10+,11+,12-,13+/m0/s1. The van der Waals surface area contributed by atoms with Gasteiger partial charge in [0.25, 0.3) is 5.91 Å². The maximum Gasteiger partial charge on any atom is 0.326 e. The van der Waals surface area contributed by atoms with Gasteiger partial charge in [0.15, 0.2) is 6.10 Å². The van der Waals surface area contributed by atoms with E-state index in [1.54, 1.807) is 0 Å². The van der Waals surface area contributed by atoms with E-state index in [9.17, 15) is 24.3 Å². The number of nitrogens with one attached hydrogen (secondary N) is 2. The number of carboxylic acids is 1. The first-order valence-corrected chi connectivity index (χ1v) is 8.95. The Bertz CT molecular complexity index is 593. The monoisotopic (exact) mass is 369 g/mol. The highest BCUT2D eigenvalue weighted by atomic mass is 16.6. The normalized spacial score (nSPS) is 30.2. The van der Waals surface area contributed by atoms with Crippen molar-refractivity contribution in [1.82, 2.24) is 10.6 Å². The summed E-state index contributed by atoms with van der Waals surface area (Å²) in [6.45, 7) is 5.33. The van der Waals surface area contributed by atoms with Crippen LogP contribution in [0.25, 0.3) is 0 Å². The second-order valence-electron chi connectivity index (χ2n) is 7.30. The van der Waals surface area contributed by atoms with Gasteiger partial charge >= 0.3 is 11.9 Å². The van der Waals surface area contributed by atoms with E-state index in [0.29, 0.717) is 6.42 Å². The second kappa shape index (κ2) is 8.03. The van der Waals surface area contributed by atoms with Gasteiger partial charge in [0, 0.05) is 6.04 Å². The molecule has 26 heavy (non-hydrogen) atoms. The van der Waals surface area contributed by atoms with Crippen LogP contribution in [0.2, 0.25) is 0 Å². The Morgan fingerprint density at radius 1 is 1.35 bits per heavy atom. The van der Waals surface area contributed by atoms with E-state index < -0.39 is 36.0 Å². The molecule has 0 spiro atoms. The van der Waals surface area contributed by atoms with Gasteiger partial charge < -0.3 is 26.2 Å². The van der Waals surface area contributed by atoms with Gasteiger partial charge in [0.1, 0.15) is 12.0 Å². The lowest BCUT2D eigenvalue weighted by molar-refractivity contribution is -0.193. The average Bonchev–Trinajstić information content (AvgIpc) is 3.28. The maximum absolute atomic E-state index is 12.3. The van der Waals surface area contributed by atoms with E-state index in [-0.39, 0.29) is 36.2 Å². The maximum atomic E-state index is 12.3. The van der Waals surface area contributed by atoms with Crippen molar-refractivity contribution >= 4 is 23.8 Å². The number of rotatable bonds is 9. The molecule has 1 saturated carbocycles. The van der Waals surface area contributed by atoms with E-state index in [4.69, 9.17) is 10.5 Å². The number of cyclic esters (lactones) is 1. The summed E-state index contributed by atoms with van der Waals surface area (Å²) in [6.07, 6.45) is 0.831. The summed E-state index contributed by atoms with van der Waals surface area (Å²) in [5, 5.41) is 14.4. The number of hydrogen-bond acceptors (Lipinski definition) is 6. The largest absolute Gasteiger partial charge is 0.480 e. The van der Waals surface area contributed by atoms with E-state index in [0.717, 1.165) is 6.42 Å². The second-order valence-corrected chi connectivity index (χ2v) is 7.30. The molecule has 0 aromatic carbocycles. The predicted molar refractivity (Wildman–Crippen MR) is 90.7 cm³/mol. The lowest BCUT2D eigenvalue weighted by atomic mass is 9.83. The van der Waals surface area contributed by atoms with Crippen molar-refractivity contribution < 1.29 is 29.0 Å². The summed E-state index contributed by atoms with van der Waals surface area (Å²) in [7, 11) is 0. The minimum atomic E-state index is -1.14. The molecule has 2 fully saturated rings. The number of ether oxygens (including phenoxy) is 1. The topological polar surface area (TPSA) is 148 Å². The van der Waals surface area contributed by atoms with Crippen molar-refractivity contribution in [2.45, 2.75) is 64.3 Å². The molecule has 2 amide bonds. The number of amides is 2. The lowest BCUT2D eigenvalue weighted by Crippen LogP contribution is -2.56. The fourth-order valence-electron chi connectivity index (χ4n) is 3.11. The first kappa shape index (κ1) is 20.2. The molecule has 0 bridgehead atoms. The van der Waals surface area contributed by atoms with E-state index >= 15 is 0 Å². The minimum Gasteiger partial charge on any atom is -0.480 e. The Balaban J connectivity index is 1.82. The zero-order valence-corrected chi connectivity index (χ0v) is 15.2. The molecular formula is C17H27N3O6. The van der Waals surface area contributed by atoms with Gasteiger partial charge in [-0.25, -0.2) is 4.79 Å². The highest BCUT2D eigenvalue weighted by Gasteiger charge is 2.51. The molecule has 1 saturated heterocycles. The Hall–Kier alpha value is -2.16. The molecule has 7 atom stereocenters. The fourth-order valence-corrected chi connectivity index (χ4v) is 3.11. The quantitative estimate of drug-likeness (QED) is 0.396. The zero-order valence-electron chi connectivity index (χ0n) is 15.2. The van der Waals surface area contributed by atoms with Crippen molar-refractivity contribution in [3.63, 3.8) is 0 Å². The predicted octanol–water partition coefficient (Wildman–Crippen LogP) is -0.614. The molecule has 9 heteroatoms. The number of aliphatic carboxylic acids is 1. The minimum absolute atomic E-state index is 0.0498. The Labute approximate surface area is 152 Å². The molecule has 1 heterocycles. The summed E-state index contributed by atoms with van der Waals surface area (Å²) >= 11 is 0. The molecular weight excluding hydrogens is 342 g/mol. The van der Waals surface area contributed by atoms with Crippen LogP contribution in [-0.4, -0.2) is 53.1 Å². The SMILES string of the molecule is CC[C@H](C)[C@@H]1C(=O)O[C@H]1C(=O)N[C@@H]1C[C@H]1C[C@@H](NC(=O)[C@H](C)N)C(=O)O. The molecule has 0 unspecified atom stereocenters. The first-order valence-electron chi connectivity index (χ1n) is 8.95. The average molecular weight is 369 g/mol. The Morgan fingerprint density at radius 2 is 2.00 bits per heavy atom. The van der Waals surface area contributed by atoms with E-state index in [1.807, 2.05) is 13.8 Å². The molecule has 2 aliphatic rings. The van der Waals surface area contributed by atoms with Gasteiger partial charge in [-0.3, -0.25) is 14.4 Å². The Morgan fingerprint density at radius 3 is 2.50 bits per heavy atom. The van der Waals surface area contributed by atoms with Crippen molar-refractivity contribution in [3.8, 4) is 0 Å².